The highest BCUT2D eigenvalue weighted by Gasteiger charge is 2.31. The van der Waals surface area contributed by atoms with Crippen LogP contribution >= 0.6 is 0 Å². The monoisotopic (exact) mass is 301 g/mol. The summed E-state index contributed by atoms with van der Waals surface area (Å²) < 4.78 is 1.02. The quantitative estimate of drug-likeness (QED) is 0.743. The summed E-state index contributed by atoms with van der Waals surface area (Å²) in [7, 11) is 0. The van der Waals surface area contributed by atoms with Crippen molar-refractivity contribution >= 4 is 12.5 Å². The molecule has 1 aliphatic heterocycles. The first-order valence-electron chi connectivity index (χ1n) is 6.66. The van der Waals surface area contributed by atoms with Crippen LogP contribution < -0.4 is 21.4 Å². The molecular formula is C14H15N5O3. The lowest BCUT2D eigenvalue weighted by atomic mass is 10.1. The number of aliphatic hydroxyl groups excluding tert-OH is 1. The zero-order valence-electron chi connectivity index (χ0n) is 12.5. The molecule has 0 unspecified atom stereocenters. The molecule has 0 aromatic carbocycles. The average Bonchev–Trinajstić information content (AvgIpc) is 2.97. The van der Waals surface area contributed by atoms with E-state index in [0.717, 1.165) is 21.1 Å². The van der Waals surface area contributed by atoms with Gasteiger partial charge in [0, 0.05) is 5.22 Å². The Bertz CT molecular complexity index is 970. The van der Waals surface area contributed by atoms with Crippen LogP contribution in [0.1, 0.15) is 27.3 Å². The topological polar surface area (TPSA) is 92.7 Å². The number of pyridine rings is 1. The lowest BCUT2D eigenvalue weighted by Crippen LogP contribution is -2.45. The molecule has 8 heteroatoms. The number of carbonyl (C=O) groups is 1. The Kier molecular flexibility index (Phi) is 2.99. The summed E-state index contributed by atoms with van der Waals surface area (Å²) in [4.78, 5) is 26.2. The molecule has 3 rings (SSSR count). The molecule has 2 aromatic heterocycles. The van der Waals surface area contributed by atoms with Crippen molar-refractivity contribution in [3.8, 4) is 0 Å². The molecule has 0 aliphatic carbocycles. The number of aliphatic hydroxyl groups is 1. The van der Waals surface area contributed by atoms with Gasteiger partial charge < -0.3 is 5.11 Å². The Morgan fingerprint density at radius 2 is 1.95 bits per heavy atom. The van der Waals surface area contributed by atoms with E-state index in [9.17, 15) is 14.7 Å². The zero-order valence-corrected chi connectivity index (χ0v) is 12.5. The first-order chi connectivity index (χ1) is 10.4. The SMILES string of the molecule is C=c1c(C)c2c(n(CO)c1=O)=NN(n1nc(C)cc1C)C2=O. The summed E-state index contributed by atoms with van der Waals surface area (Å²) in [6.07, 6.45) is 0. The van der Waals surface area contributed by atoms with Crippen molar-refractivity contribution in [2.75, 3.05) is 5.12 Å². The number of hydrogen-bond acceptors (Lipinski definition) is 5. The standard InChI is InChI=1S/C14H15N5O3/c1-7-5-8(2)18(15-7)19-14(22)11-9(3)10(4)13(21)17(6-20)12(11)16-19/h5,20H,4,6H2,1-3H3. The van der Waals surface area contributed by atoms with Gasteiger partial charge in [0.15, 0.2) is 5.49 Å². The highest BCUT2D eigenvalue weighted by atomic mass is 16.3. The third-order valence-electron chi connectivity index (χ3n) is 3.70. The predicted octanol–water partition coefficient (Wildman–Crippen LogP) is -1.34. The molecule has 0 radical (unpaired) electrons. The fraction of sp³-hybridized carbons (Fsp3) is 0.286. The first-order valence-corrected chi connectivity index (χ1v) is 6.66. The number of aromatic nitrogens is 3. The van der Waals surface area contributed by atoms with Crippen molar-refractivity contribution in [3.63, 3.8) is 0 Å². The highest BCUT2D eigenvalue weighted by molar-refractivity contribution is 6.03. The van der Waals surface area contributed by atoms with Crippen LogP contribution in [0.2, 0.25) is 0 Å². The molecule has 0 saturated carbocycles. The minimum absolute atomic E-state index is 0.120. The molecule has 0 spiro atoms. The van der Waals surface area contributed by atoms with Gasteiger partial charge in [-0.3, -0.25) is 14.2 Å². The highest BCUT2D eigenvalue weighted by Crippen LogP contribution is 2.11. The van der Waals surface area contributed by atoms with Crippen LogP contribution in [0.5, 0.6) is 0 Å². The molecule has 0 saturated heterocycles. The summed E-state index contributed by atoms with van der Waals surface area (Å²) in [5, 5.41) is 19.1. The van der Waals surface area contributed by atoms with E-state index in [4.69, 9.17) is 0 Å². The summed E-state index contributed by atoms with van der Waals surface area (Å²) in [5.74, 6) is -0.411. The lowest BCUT2D eigenvalue weighted by Gasteiger charge is -2.13. The lowest BCUT2D eigenvalue weighted by molar-refractivity contribution is 0.0961. The summed E-state index contributed by atoms with van der Waals surface area (Å²) in [6.45, 7) is 8.35. The Hall–Kier alpha value is -2.74. The second kappa shape index (κ2) is 4.63. The van der Waals surface area contributed by atoms with Crippen molar-refractivity contribution < 1.29 is 9.90 Å². The molecule has 1 aliphatic rings. The number of rotatable bonds is 2. The molecule has 3 heterocycles. The number of carbonyl (C=O) groups excluding carboxylic acids is 1. The molecule has 2 aromatic rings. The predicted molar refractivity (Wildman–Crippen MR) is 78.2 cm³/mol. The third-order valence-corrected chi connectivity index (χ3v) is 3.70. The molecule has 8 nitrogen and oxygen atoms in total. The van der Waals surface area contributed by atoms with Gasteiger partial charge in [-0.15, -0.1) is 10.2 Å². The van der Waals surface area contributed by atoms with Gasteiger partial charge in [-0.25, -0.2) is 0 Å². The van der Waals surface area contributed by atoms with Crippen LogP contribution in [0, 0.1) is 20.8 Å². The number of hydrogen-bond donors (Lipinski definition) is 1. The minimum atomic E-state index is -0.578. The van der Waals surface area contributed by atoms with Crippen LogP contribution in [0.25, 0.3) is 6.58 Å². The Morgan fingerprint density at radius 1 is 1.27 bits per heavy atom. The van der Waals surface area contributed by atoms with E-state index in [2.05, 4.69) is 16.8 Å². The van der Waals surface area contributed by atoms with Gasteiger partial charge in [-0.1, -0.05) is 6.58 Å². The number of fused-ring (bicyclic) bond motifs is 1. The van der Waals surface area contributed by atoms with Crippen LogP contribution in [0.4, 0.5) is 0 Å². The average molecular weight is 301 g/mol. The largest absolute Gasteiger partial charge is 0.376 e. The van der Waals surface area contributed by atoms with Crippen LogP contribution in [-0.2, 0) is 6.73 Å². The van der Waals surface area contributed by atoms with Gasteiger partial charge in [0.25, 0.3) is 11.5 Å². The van der Waals surface area contributed by atoms with Gasteiger partial charge in [0.05, 0.1) is 17.0 Å². The van der Waals surface area contributed by atoms with Crippen LogP contribution in [-0.4, -0.2) is 25.5 Å². The Labute approximate surface area is 125 Å². The smallest absolute Gasteiger partial charge is 0.299 e. The maximum Gasteiger partial charge on any atom is 0.299 e. The molecule has 1 amide bonds. The Balaban J connectivity index is 2.33. The van der Waals surface area contributed by atoms with E-state index in [1.54, 1.807) is 20.8 Å². The molecule has 1 N–H and O–H groups in total. The van der Waals surface area contributed by atoms with E-state index in [1.807, 2.05) is 6.07 Å². The van der Waals surface area contributed by atoms with Gasteiger partial charge in [-0.05, 0) is 32.4 Å². The van der Waals surface area contributed by atoms with Crippen LogP contribution in [0.3, 0.4) is 0 Å². The molecule has 0 bridgehead atoms. The van der Waals surface area contributed by atoms with Crippen molar-refractivity contribution in [1.29, 1.82) is 0 Å². The fourth-order valence-corrected chi connectivity index (χ4v) is 2.54. The number of amides is 1. The van der Waals surface area contributed by atoms with Gasteiger partial charge in [0.2, 0.25) is 0 Å². The molecule has 0 atom stereocenters. The summed E-state index contributed by atoms with van der Waals surface area (Å²) >= 11 is 0. The van der Waals surface area contributed by atoms with E-state index in [1.165, 1.54) is 4.79 Å². The van der Waals surface area contributed by atoms with Gasteiger partial charge >= 0.3 is 0 Å². The third kappa shape index (κ3) is 1.74. The van der Waals surface area contributed by atoms with Crippen molar-refractivity contribution in [3.05, 3.63) is 49.6 Å². The van der Waals surface area contributed by atoms with Gasteiger partial charge in [0.1, 0.15) is 6.73 Å². The second-order valence-corrected chi connectivity index (χ2v) is 5.19. The Morgan fingerprint density at radius 3 is 2.50 bits per heavy atom. The molecule has 22 heavy (non-hydrogen) atoms. The van der Waals surface area contributed by atoms with Crippen LogP contribution in [0.15, 0.2) is 16.0 Å². The number of nitrogens with zero attached hydrogens (tertiary/aromatic N) is 5. The molecule has 114 valence electrons. The van der Waals surface area contributed by atoms with Gasteiger partial charge in [-0.2, -0.15) is 9.89 Å². The van der Waals surface area contributed by atoms with E-state index in [-0.39, 0.29) is 16.3 Å². The summed E-state index contributed by atoms with van der Waals surface area (Å²) in [5.41, 5.74) is 1.84. The normalized spacial score (nSPS) is 13.5. The van der Waals surface area contributed by atoms with Crippen molar-refractivity contribution in [1.82, 2.24) is 14.5 Å². The van der Waals surface area contributed by atoms with E-state index < -0.39 is 18.2 Å². The maximum absolute atomic E-state index is 12.7. The number of aryl methyl sites for hydroxylation is 2. The molecular weight excluding hydrogens is 286 g/mol. The second-order valence-electron chi connectivity index (χ2n) is 5.19. The van der Waals surface area contributed by atoms with E-state index >= 15 is 0 Å². The maximum atomic E-state index is 12.7. The first kappa shape index (κ1) is 14.2. The molecule has 0 fully saturated rings. The fourth-order valence-electron chi connectivity index (χ4n) is 2.54. The van der Waals surface area contributed by atoms with E-state index in [0.29, 0.717) is 5.56 Å². The zero-order chi connectivity index (χ0) is 16.2. The summed E-state index contributed by atoms with van der Waals surface area (Å²) in [6, 6.07) is 1.81. The minimum Gasteiger partial charge on any atom is -0.376 e. The van der Waals surface area contributed by atoms with Crippen molar-refractivity contribution in [2.45, 2.75) is 27.5 Å². The van der Waals surface area contributed by atoms with Crippen molar-refractivity contribution in [2.24, 2.45) is 5.10 Å².